The molecule has 1 atom stereocenters. The molecular weight excluding hydrogens is 373 g/mol. The molecule has 2 fully saturated rings. The van der Waals surface area contributed by atoms with Crippen LogP contribution in [0.25, 0.3) is 11.5 Å². The van der Waals surface area contributed by atoms with E-state index in [-0.39, 0.29) is 24.8 Å². The molecule has 1 N–H and O–H groups in total. The van der Waals surface area contributed by atoms with Crippen LogP contribution in [0.5, 0.6) is 0 Å². The average Bonchev–Trinajstić information content (AvgIpc) is 3.28. The maximum absolute atomic E-state index is 5.43. The van der Waals surface area contributed by atoms with Crippen LogP contribution in [0.3, 0.4) is 0 Å². The van der Waals surface area contributed by atoms with E-state index in [1.54, 1.807) is 0 Å². The molecule has 0 aliphatic carbocycles. The van der Waals surface area contributed by atoms with Crippen molar-refractivity contribution in [2.45, 2.75) is 25.9 Å². The number of nitrogens with one attached hydrogen (secondary N) is 1. The van der Waals surface area contributed by atoms with Gasteiger partial charge in [-0.3, -0.25) is 9.80 Å². The summed E-state index contributed by atoms with van der Waals surface area (Å²) in [5, 5.41) is 7.61. The lowest BCUT2D eigenvalue weighted by atomic mass is 10.1. The van der Waals surface area contributed by atoms with Gasteiger partial charge < -0.3 is 9.84 Å². The number of aryl methyl sites for hydroxylation is 1. The number of aromatic nitrogens is 2. The van der Waals surface area contributed by atoms with Crippen LogP contribution in [0.2, 0.25) is 0 Å². The van der Waals surface area contributed by atoms with E-state index in [2.05, 4.69) is 44.3 Å². The van der Waals surface area contributed by atoms with Crippen LogP contribution in [-0.4, -0.2) is 65.3 Å². The van der Waals surface area contributed by atoms with Crippen LogP contribution in [0.4, 0.5) is 0 Å². The lowest BCUT2D eigenvalue weighted by Crippen LogP contribution is -2.50. The van der Waals surface area contributed by atoms with Crippen molar-refractivity contribution in [3.63, 3.8) is 0 Å². The lowest BCUT2D eigenvalue weighted by molar-refractivity contribution is 0.0959. The summed E-state index contributed by atoms with van der Waals surface area (Å²) in [6.45, 7) is 9.57. The van der Waals surface area contributed by atoms with Crippen LogP contribution in [0.1, 0.15) is 17.8 Å². The minimum Gasteiger partial charge on any atom is -0.334 e. The Bertz CT molecular complexity index is 664. The Labute approximate surface area is 167 Å². The predicted molar refractivity (Wildman–Crippen MR) is 107 cm³/mol. The summed E-state index contributed by atoms with van der Waals surface area (Å²) in [6.07, 6.45) is 1.28. The van der Waals surface area contributed by atoms with E-state index in [0.717, 1.165) is 63.2 Å². The van der Waals surface area contributed by atoms with Gasteiger partial charge in [0, 0.05) is 44.3 Å². The van der Waals surface area contributed by atoms with Gasteiger partial charge in [0.05, 0.1) is 6.54 Å². The molecule has 0 saturated carbocycles. The Morgan fingerprint density at radius 3 is 2.50 bits per heavy atom. The van der Waals surface area contributed by atoms with Gasteiger partial charge in [-0.2, -0.15) is 4.98 Å². The number of rotatable bonds is 4. The second-order valence-electron chi connectivity index (χ2n) is 6.84. The van der Waals surface area contributed by atoms with Crippen molar-refractivity contribution < 1.29 is 4.52 Å². The second-order valence-corrected chi connectivity index (χ2v) is 6.84. The molecule has 2 aliphatic heterocycles. The summed E-state index contributed by atoms with van der Waals surface area (Å²) >= 11 is 0. The van der Waals surface area contributed by atoms with Crippen molar-refractivity contribution in [2.24, 2.45) is 0 Å². The van der Waals surface area contributed by atoms with Crippen LogP contribution >= 0.6 is 24.8 Å². The normalized spacial score (nSPS) is 21.2. The first-order valence-corrected chi connectivity index (χ1v) is 8.85. The first-order valence-electron chi connectivity index (χ1n) is 8.85. The van der Waals surface area contributed by atoms with E-state index < -0.39 is 0 Å². The third-order valence-corrected chi connectivity index (χ3v) is 5.09. The van der Waals surface area contributed by atoms with Gasteiger partial charge in [0.15, 0.2) is 5.82 Å². The largest absolute Gasteiger partial charge is 0.334 e. The van der Waals surface area contributed by atoms with E-state index in [9.17, 15) is 0 Å². The fourth-order valence-electron chi connectivity index (χ4n) is 3.57. The van der Waals surface area contributed by atoms with Gasteiger partial charge in [-0.25, -0.2) is 0 Å². The van der Waals surface area contributed by atoms with Gasteiger partial charge in [0.1, 0.15) is 0 Å². The summed E-state index contributed by atoms with van der Waals surface area (Å²) in [5.74, 6) is 1.39. The van der Waals surface area contributed by atoms with Crippen molar-refractivity contribution in [2.75, 3.05) is 39.3 Å². The molecular formula is C18H27Cl2N5O. The molecule has 4 rings (SSSR count). The number of benzene rings is 1. The highest BCUT2D eigenvalue weighted by Gasteiger charge is 2.26. The fourth-order valence-corrected chi connectivity index (χ4v) is 3.57. The molecule has 2 aromatic rings. The fraction of sp³-hybridized carbons (Fsp3) is 0.556. The topological polar surface area (TPSA) is 57.4 Å². The van der Waals surface area contributed by atoms with Crippen LogP contribution < -0.4 is 5.32 Å². The molecule has 0 spiro atoms. The molecule has 0 radical (unpaired) electrons. The summed E-state index contributed by atoms with van der Waals surface area (Å²) in [5.41, 5.74) is 2.21. The number of hydrogen-bond acceptors (Lipinski definition) is 6. The van der Waals surface area contributed by atoms with Crippen LogP contribution in [-0.2, 0) is 6.54 Å². The Morgan fingerprint density at radius 2 is 1.85 bits per heavy atom. The van der Waals surface area contributed by atoms with Crippen LogP contribution in [0.15, 0.2) is 28.8 Å². The number of halogens is 2. The molecule has 8 heteroatoms. The quantitative estimate of drug-likeness (QED) is 0.851. The molecule has 1 aromatic carbocycles. The Morgan fingerprint density at radius 1 is 1.12 bits per heavy atom. The van der Waals surface area contributed by atoms with Crippen molar-refractivity contribution in [3.8, 4) is 11.5 Å². The van der Waals surface area contributed by atoms with Gasteiger partial charge in [-0.05, 0) is 32.0 Å². The average molecular weight is 400 g/mol. The molecule has 6 nitrogen and oxygen atoms in total. The van der Waals surface area contributed by atoms with E-state index in [4.69, 9.17) is 4.52 Å². The van der Waals surface area contributed by atoms with Gasteiger partial charge in [0.25, 0.3) is 5.89 Å². The first-order chi connectivity index (χ1) is 11.8. The standard InChI is InChI=1S/C18H25N5O.2ClH/c1-14-2-4-15(5-3-14)18-20-17(21-24-18)13-22-8-10-23(11-9-22)16-6-7-19-12-16;;/h2-5,16,19H,6-13H2,1H3;2*1H. The molecule has 2 saturated heterocycles. The molecule has 0 bridgehead atoms. The number of hydrogen-bond donors (Lipinski definition) is 1. The third kappa shape index (κ3) is 4.96. The molecule has 144 valence electrons. The maximum atomic E-state index is 5.43. The minimum absolute atomic E-state index is 0. The smallest absolute Gasteiger partial charge is 0.257 e. The number of piperazine rings is 1. The maximum Gasteiger partial charge on any atom is 0.257 e. The summed E-state index contributed by atoms with van der Waals surface area (Å²) < 4.78 is 5.43. The Kier molecular flexibility index (Phi) is 7.85. The van der Waals surface area contributed by atoms with E-state index in [1.807, 2.05) is 12.1 Å². The minimum atomic E-state index is 0. The lowest BCUT2D eigenvalue weighted by Gasteiger charge is -2.37. The summed E-state index contributed by atoms with van der Waals surface area (Å²) in [4.78, 5) is 9.59. The zero-order valence-electron chi connectivity index (χ0n) is 15.1. The summed E-state index contributed by atoms with van der Waals surface area (Å²) in [7, 11) is 0. The molecule has 0 amide bonds. The Balaban J connectivity index is 0.00000121. The van der Waals surface area contributed by atoms with Crippen molar-refractivity contribution in [1.82, 2.24) is 25.3 Å². The molecule has 3 heterocycles. The van der Waals surface area contributed by atoms with Crippen LogP contribution in [0, 0.1) is 6.92 Å². The monoisotopic (exact) mass is 399 g/mol. The molecule has 2 aliphatic rings. The third-order valence-electron chi connectivity index (χ3n) is 5.09. The SMILES string of the molecule is Cc1ccc(-c2nc(CN3CCN(C4CCNC4)CC3)no2)cc1.Cl.Cl. The zero-order valence-corrected chi connectivity index (χ0v) is 16.7. The van der Waals surface area contributed by atoms with Crippen molar-refractivity contribution in [1.29, 1.82) is 0 Å². The number of nitrogens with zero attached hydrogens (tertiary/aromatic N) is 4. The zero-order chi connectivity index (χ0) is 16.4. The van der Waals surface area contributed by atoms with E-state index >= 15 is 0 Å². The van der Waals surface area contributed by atoms with E-state index in [0.29, 0.717) is 5.89 Å². The summed E-state index contributed by atoms with van der Waals surface area (Å²) in [6, 6.07) is 8.92. The molecule has 26 heavy (non-hydrogen) atoms. The second kappa shape index (κ2) is 9.67. The van der Waals surface area contributed by atoms with Gasteiger partial charge >= 0.3 is 0 Å². The van der Waals surface area contributed by atoms with E-state index in [1.165, 1.54) is 12.0 Å². The van der Waals surface area contributed by atoms with Gasteiger partial charge in [0.2, 0.25) is 0 Å². The van der Waals surface area contributed by atoms with Gasteiger partial charge in [-0.1, -0.05) is 22.9 Å². The highest BCUT2D eigenvalue weighted by atomic mass is 35.5. The van der Waals surface area contributed by atoms with Crippen molar-refractivity contribution in [3.05, 3.63) is 35.7 Å². The molecule has 1 aromatic heterocycles. The predicted octanol–water partition coefficient (Wildman–Crippen LogP) is 2.37. The Hall–Kier alpha value is -1.18. The van der Waals surface area contributed by atoms with Crippen molar-refractivity contribution >= 4 is 24.8 Å². The highest BCUT2D eigenvalue weighted by molar-refractivity contribution is 5.85. The molecule has 1 unspecified atom stereocenters. The van der Waals surface area contributed by atoms with Gasteiger partial charge in [-0.15, -0.1) is 24.8 Å². The highest BCUT2D eigenvalue weighted by Crippen LogP contribution is 2.19. The first kappa shape index (κ1) is 21.1.